The Kier molecular flexibility index (Phi) is 4.70. The molecule has 0 saturated heterocycles. The fourth-order valence-electron chi connectivity index (χ4n) is 2.94. The Hall–Kier alpha value is -2.89. The van der Waals surface area contributed by atoms with Crippen molar-refractivity contribution in [2.45, 2.75) is 19.4 Å². The van der Waals surface area contributed by atoms with E-state index >= 15 is 0 Å². The van der Waals surface area contributed by atoms with Gasteiger partial charge in [0.2, 0.25) is 5.91 Å². The zero-order valence-corrected chi connectivity index (χ0v) is 14.3. The monoisotopic (exact) mass is 342 g/mol. The predicted molar refractivity (Wildman–Crippen MR) is 92.4 cm³/mol. The van der Waals surface area contributed by atoms with E-state index in [0.29, 0.717) is 17.9 Å². The van der Waals surface area contributed by atoms with Crippen LogP contribution < -0.4 is 9.47 Å². The summed E-state index contributed by atoms with van der Waals surface area (Å²) >= 11 is 0. The van der Waals surface area contributed by atoms with Crippen molar-refractivity contribution in [2.24, 2.45) is 5.10 Å². The number of rotatable bonds is 4. The van der Waals surface area contributed by atoms with E-state index in [-0.39, 0.29) is 17.8 Å². The molecule has 0 radical (unpaired) electrons. The van der Waals surface area contributed by atoms with Crippen LogP contribution in [0.2, 0.25) is 0 Å². The van der Waals surface area contributed by atoms with E-state index in [0.717, 1.165) is 16.8 Å². The second kappa shape index (κ2) is 6.93. The Labute approximate surface area is 145 Å². The molecule has 5 nitrogen and oxygen atoms in total. The highest BCUT2D eigenvalue weighted by Gasteiger charge is 2.32. The van der Waals surface area contributed by atoms with Gasteiger partial charge in [0, 0.05) is 25.0 Å². The number of hydrogen-bond acceptors (Lipinski definition) is 4. The zero-order valence-electron chi connectivity index (χ0n) is 14.3. The molecule has 25 heavy (non-hydrogen) atoms. The average Bonchev–Trinajstić information content (AvgIpc) is 3.07. The maximum atomic E-state index is 13.2. The molecule has 1 atom stereocenters. The summed E-state index contributed by atoms with van der Waals surface area (Å²) < 4.78 is 23.9. The minimum atomic E-state index is -0.311. The topological polar surface area (TPSA) is 51.1 Å². The molecule has 1 heterocycles. The highest BCUT2D eigenvalue weighted by Crippen LogP contribution is 2.36. The van der Waals surface area contributed by atoms with Crippen LogP contribution in [0.4, 0.5) is 4.39 Å². The van der Waals surface area contributed by atoms with Gasteiger partial charge in [0.1, 0.15) is 17.3 Å². The largest absolute Gasteiger partial charge is 0.497 e. The molecular weight excluding hydrogens is 323 g/mol. The minimum Gasteiger partial charge on any atom is -0.497 e. The van der Waals surface area contributed by atoms with Gasteiger partial charge in [0.15, 0.2) is 0 Å². The second-order valence-corrected chi connectivity index (χ2v) is 5.75. The van der Waals surface area contributed by atoms with E-state index in [1.807, 2.05) is 12.1 Å². The maximum Gasteiger partial charge on any atom is 0.240 e. The second-order valence-electron chi connectivity index (χ2n) is 5.75. The van der Waals surface area contributed by atoms with Crippen molar-refractivity contribution in [2.75, 3.05) is 14.2 Å². The molecule has 130 valence electrons. The Bertz CT molecular complexity index is 818. The third-order valence-corrected chi connectivity index (χ3v) is 4.21. The van der Waals surface area contributed by atoms with Crippen LogP contribution in [0.1, 0.15) is 30.5 Å². The van der Waals surface area contributed by atoms with Crippen LogP contribution in [-0.4, -0.2) is 30.8 Å². The van der Waals surface area contributed by atoms with Gasteiger partial charge in [0.05, 0.1) is 26.0 Å². The molecule has 0 saturated carbocycles. The summed E-state index contributed by atoms with van der Waals surface area (Å²) in [6.45, 7) is 1.47. The predicted octanol–water partition coefficient (Wildman–Crippen LogP) is 3.54. The smallest absolute Gasteiger partial charge is 0.240 e. The maximum absolute atomic E-state index is 13.2. The summed E-state index contributed by atoms with van der Waals surface area (Å²) in [6, 6.07) is 11.3. The molecule has 3 rings (SSSR count). The van der Waals surface area contributed by atoms with Crippen molar-refractivity contribution < 1.29 is 18.7 Å². The highest BCUT2D eigenvalue weighted by molar-refractivity contribution is 6.05. The number of amides is 1. The van der Waals surface area contributed by atoms with E-state index in [4.69, 9.17) is 9.47 Å². The van der Waals surface area contributed by atoms with Crippen molar-refractivity contribution in [3.63, 3.8) is 0 Å². The van der Waals surface area contributed by atoms with E-state index in [9.17, 15) is 9.18 Å². The molecule has 0 bridgehead atoms. The van der Waals surface area contributed by atoms with Crippen LogP contribution in [0.15, 0.2) is 47.6 Å². The first-order chi connectivity index (χ1) is 12.0. The molecule has 0 aromatic heterocycles. The third kappa shape index (κ3) is 3.33. The van der Waals surface area contributed by atoms with Crippen LogP contribution in [0, 0.1) is 5.82 Å². The lowest BCUT2D eigenvalue weighted by Crippen LogP contribution is -2.24. The van der Waals surface area contributed by atoms with Gasteiger partial charge in [-0.2, -0.15) is 5.10 Å². The molecule has 2 aromatic rings. The minimum absolute atomic E-state index is 0.170. The molecule has 6 heteroatoms. The molecular formula is C19H19FN2O3. The number of ether oxygens (including phenoxy) is 2. The first kappa shape index (κ1) is 17.0. The average molecular weight is 342 g/mol. The number of benzene rings is 2. The van der Waals surface area contributed by atoms with Gasteiger partial charge >= 0.3 is 0 Å². The summed E-state index contributed by atoms with van der Waals surface area (Å²) in [5.74, 6) is 0.824. The highest BCUT2D eigenvalue weighted by atomic mass is 19.1. The summed E-state index contributed by atoms with van der Waals surface area (Å²) in [5, 5.41) is 5.92. The molecule has 1 aliphatic rings. The number of hydrazone groups is 1. The first-order valence-electron chi connectivity index (χ1n) is 7.88. The van der Waals surface area contributed by atoms with Crippen LogP contribution in [0.5, 0.6) is 11.5 Å². The number of halogens is 1. The van der Waals surface area contributed by atoms with Crippen molar-refractivity contribution >= 4 is 11.6 Å². The normalized spacial score (nSPS) is 16.6. The molecule has 2 aromatic carbocycles. The van der Waals surface area contributed by atoms with Gasteiger partial charge in [-0.3, -0.25) is 4.79 Å². The summed E-state index contributed by atoms with van der Waals surface area (Å²) in [4.78, 5) is 12.0. The number of hydrogen-bond donors (Lipinski definition) is 0. The van der Waals surface area contributed by atoms with Gasteiger partial charge in [-0.15, -0.1) is 0 Å². The molecule has 0 N–H and O–H groups in total. The molecule has 1 aliphatic heterocycles. The van der Waals surface area contributed by atoms with Crippen molar-refractivity contribution in [1.82, 2.24) is 5.01 Å². The summed E-state index contributed by atoms with van der Waals surface area (Å²) in [7, 11) is 3.16. The van der Waals surface area contributed by atoms with Gasteiger partial charge in [-0.1, -0.05) is 12.1 Å². The molecule has 1 amide bonds. The summed E-state index contributed by atoms with van der Waals surface area (Å²) in [5.41, 5.74) is 2.38. The number of nitrogens with zero attached hydrogens (tertiary/aromatic N) is 2. The van der Waals surface area contributed by atoms with E-state index < -0.39 is 0 Å². The van der Waals surface area contributed by atoms with Gasteiger partial charge < -0.3 is 9.47 Å². The van der Waals surface area contributed by atoms with Gasteiger partial charge in [0.25, 0.3) is 0 Å². The Balaban J connectivity index is 1.97. The van der Waals surface area contributed by atoms with Crippen LogP contribution in [0.25, 0.3) is 0 Å². The SMILES string of the molecule is COc1ccc(C2=NN(C(C)=O)C(c3ccc(F)cc3)C2)c(OC)c1. The molecule has 0 spiro atoms. The third-order valence-electron chi connectivity index (χ3n) is 4.21. The molecule has 0 aliphatic carbocycles. The number of methoxy groups -OCH3 is 2. The zero-order chi connectivity index (χ0) is 18.0. The van der Waals surface area contributed by atoms with Crippen molar-refractivity contribution in [3.8, 4) is 11.5 Å². The fraction of sp³-hybridized carbons (Fsp3) is 0.263. The number of carbonyl (C=O) groups excluding carboxylic acids is 1. The quantitative estimate of drug-likeness (QED) is 0.854. The van der Waals surface area contributed by atoms with Crippen LogP contribution >= 0.6 is 0 Å². The Morgan fingerprint density at radius 3 is 2.48 bits per heavy atom. The van der Waals surface area contributed by atoms with E-state index in [1.165, 1.54) is 24.1 Å². The Morgan fingerprint density at radius 2 is 1.88 bits per heavy atom. The lowest BCUT2D eigenvalue weighted by atomic mass is 9.98. The Morgan fingerprint density at radius 1 is 1.16 bits per heavy atom. The number of carbonyl (C=O) groups is 1. The van der Waals surface area contributed by atoms with Crippen LogP contribution in [-0.2, 0) is 4.79 Å². The fourth-order valence-corrected chi connectivity index (χ4v) is 2.94. The first-order valence-corrected chi connectivity index (χ1v) is 7.88. The standard InChI is InChI=1S/C19H19FN2O3/c1-12(23)22-18(13-4-6-14(20)7-5-13)11-17(21-22)16-9-8-15(24-2)10-19(16)25-3/h4-10,18H,11H2,1-3H3. The molecule has 1 unspecified atom stereocenters. The van der Waals surface area contributed by atoms with Gasteiger partial charge in [-0.25, -0.2) is 9.40 Å². The van der Waals surface area contributed by atoms with E-state index in [1.54, 1.807) is 32.4 Å². The lowest BCUT2D eigenvalue weighted by Gasteiger charge is -2.20. The van der Waals surface area contributed by atoms with E-state index in [2.05, 4.69) is 5.10 Å². The van der Waals surface area contributed by atoms with Crippen molar-refractivity contribution in [1.29, 1.82) is 0 Å². The lowest BCUT2D eigenvalue weighted by molar-refractivity contribution is -0.130. The molecule has 0 fully saturated rings. The van der Waals surface area contributed by atoms with Crippen LogP contribution in [0.3, 0.4) is 0 Å². The van der Waals surface area contributed by atoms with Crippen molar-refractivity contribution in [3.05, 3.63) is 59.4 Å². The van der Waals surface area contributed by atoms with Gasteiger partial charge in [-0.05, 0) is 29.8 Å². The summed E-state index contributed by atoms with van der Waals surface area (Å²) in [6.07, 6.45) is 0.522.